The lowest BCUT2D eigenvalue weighted by molar-refractivity contribution is 0.0742. The number of fused-ring (bicyclic) bond motifs is 1. The molecule has 0 radical (unpaired) electrons. The van der Waals surface area contributed by atoms with Crippen molar-refractivity contribution in [3.8, 4) is 0 Å². The fourth-order valence-corrected chi connectivity index (χ4v) is 11.0. The monoisotopic (exact) mass is 482 g/mol. The van der Waals surface area contributed by atoms with Crippen molar-refractivity contribution >= 4 is 37.1 Å². The normalized spacial score (nSPS) is 23.9. The van der Waals surface area contributed by atoms with Gasteiger partial charge in [-0.1, -0.05) is 121 Å². The molecule has 0 bridgehead atoms. The van der Waals surface area contributed by atoms with Gasteiger partial charge in [-0.25, -0.2) is 0 Å². The van der Waals surface area contributed by atoms with E-state index in [0.29, 0.717) is 11.3 Å². The van der Waals surface area contributed by atoms with E-state index in [-0.39, 0.29) is 12.2 Å². The summed E-state index contributed by atoms with van der Waals surface area (Å²) >= 11 is 0. The number of hydrogen-bond acceptors (Lipinski definition) is 2. The van der Waals surface area contributed by atoms with Gasteiger partial charge in [-0.05, 0) is 37.1 Å². The summed E-state index contributed by atoms with van der Waals surface area (Å²) in [5.41, 5.74) is 0.719. The van der Waals surface area contributed by atoms with Crippen LogP contribution in [0.2, 0.25) is 0 Å². The van der Waals surface area contributed by atoms with Crippen LogP contribution in [0.3, 0.4) is 0 Å². The zero-order valence-corrected chi connectivity index (χ0v) is 20.8. The summed E-state index contributed by atoms with van der Waals surface area (Å²) < 4.78 is 13.3. The summed E-state index contributed by atoms with van der Waals surface area (Å²) in [6.07, 6.45) is 0.267. The highest BCUT2D eigenvalue weighted by atomic mass is 31.1. The van der Waals surface area contributed by atoms with E-state index in [0.717, 1.165) is 13.2 Å². The molecule has 4 aromatic carbocycles. The summed E-state index contributed by atoms with van der Waals surface area (Å²) in [5, 5.41) is 5.61. The summed E-state index contributed by atoms with van der Waals surface area (Å²) in [4.78, 5) is 0. The highest BCUT2D eigenvalue weighted by Gasteiger charge is 2.52. The molecule has 6 rings (SSSR count). The molecule has 2 saturated heterocycles. The van der Waals surface area contributed by atoms with Crippen molar-refractivity contribution in [2.24, 2.45) is 0 Å². The number of ether oxygens (including phenoxy) is 2. The van der Waals surface area contributed by atoms with Crippen molar-refractivity contribution in [3.63, 3.8) is 0 Å². The summed E-state index contributed by atoms with van der Waals surface area (Å²) in [5.74, 6) is 0. The molecule has 34 heavy (non-hydrogen) atoms. The molecular weight excluding hydrogens is 454 g/mol. The van der Waals surface area contributed by atoms with Crippen LogP contribution in [-0.4, -0.2) is 36.7 Å². The molecule has 0 aromatic heterocycles. The van der Waals surface area contributed by atoms with Crippen LogP contribution in [0.4, 0.5) is 0 Å². The first-order valence-corrected chi connectivity index (χ1v) is 14.7. The third-order valence-electron chi connectivity index (χ3n) is 6.80. The van der Waals surface area contributed by atoms with E-state index in [1.54, 1.807) is 0 Å². The second kappa shape index (κ2) is 10.1. The van der Waals surface area contributed by atoms with Crippen LogP contribution in [-0.2, 0) is 9.47 Å². The Labute approximate surface area is 204 Å². The predicted molar refractivity (Wildman–Crippen MR) is 145 cm³/mol. The molecule has 0 saturated carbocycles. The van der Waals surface area contributed by atoms with Gasteiger partial charge in [0, 0.05) is 11.3 Å². The van der Waals surface area contributed by atoms with E-state index in [4.69, 9.17) is 9.47 Å². The van der Waals surface area contributed by atoms with Crippen molar-refractivity contribution < 1.29 is 9.47 Å². The predicted octanol–water partition coefficient (Wildman–Crippen LogP) is 4.79. The lowest BCUT2D eigenvalue weighted by Gasteiger charge is -2.28. The largest absolute Gasteiger partial charge is 0.374 e. The lowest BCUT2D eigenvalue weighted by Crippen LogP contribution is -2.35. The van der Waals surface area contributed by atoms with Gasteiger partial charge in [0.05, 0.1) is 25.4 Å². The van der Waals surface area contributed by atoms with Crippen LogP contribution in [0.25, 0.3) is 0 Å². The Kier molecular flexibility index (Phi) is 6.58. The van der Waals surface area contributed by atoms with Crippen LogP contribution in [0, 0.1) is 0 Å². The summed E-state index contributed by atoms with van der Waals surface area (Å²) in [7, 11) is -1.15. The van der Waals surface area contributed by atoms with Gasteiger partial charge in [-0.2, -0.15) is 0 Å². The number of hydrogen-bond donors (Lipinski definition) is 0. The molecule has 4 heteroatoms. The number of benzene rings is 4. The molecule has 4 aromatic rings. The van der Waals surface area contributed by atoms with Crippen LogP contribution in [0.15, 0.2) is 121 Å². The third-order valence-corrected chi connectivity index (χ3v) is 12.4. The zero-order chi connectivity index (χ0) is 22.7. The second-order valence-electron chi connectivity index (χ2n) is 8.81. The number of rotatable bonds is 6. The minimum Gasteiger partial charge on any atom is -0.374 e. The van der Waals surface area contributed by atoms with Crippen LogP contribution in [0.5, 0.6) is 0 Å². The Balaban J connectivity index is 1.35. The third kappa shape index (κ3) is 4.26. The highest BCUT2D eigenvalue weighted by Crippen LogP contribution is 2.53. The molecule has 0 amide bonds. The maximum absolute atomic E-state index is 6.66. The van der Waals surface area contributed by atoms with Crippen molar-refractivity contribution in [1.82, 2.24) is 0 Å². The topological polar surface area (TPSA) is 18.5 Å². The van der Waals surface area contributed by atoms with Crippen LogP contribution in [0.1, 0.15) is 0 Å². The fourth-order valence-electron chi connectivity index (χ4n) is 5.32. The molecule has 2 fully saturated rings. The first-order chi connectivity index (χ1) is 16.9. The van der Waals surface area contributed by atoms with Gasteiger partial charge in [0.2, 0.25) is 0 Å². The van der Waals surface area contributed by atoms with Crippen molar-refractivity contribution in [2.45, 2.75) is 23.5 Å². The molecule has 2 heterocycles. The van der Waals surface area contributed by atoms with Gasteiger partial charge >= 0.3 is 0 Å². The van der Waals surface area contributed by atoms with E-state index < -0.39 is 15.8 Å². The molecular formula is C30H28O2P2. The first kappa shape index (κ1) is 22.1. The Morgan fingerprint density at radius 3 is 0.941 bits per heavy atom. The van der Waals surface area contributed by atoms with E-state index >= 15 is 0 Å². The molecule has 2 nitrogen and oxygen atoms in total. The average molecular weight is 483 g/mol. The van der Waals surface area contributed by atoms with E-state index in [1.165, 1.54) is 21.2 Å². The molecule has 0 N–H and O–H groups in total. The average Bonchev–Trinajstić information content (AvgIpc) is 3.51. The maximum Gasteiger partial charge on any atom is 0.0939 e. The molecule has 4 atom stereocenters. The molecule has 0 unspecified atom stereocenters. The van der Waals surface area contributed by atoms with Gasteiger partial charge in [0.1, 0.15) is 0 Å². The van der Waals surface area contributed by atoms with E-state index in [2.05, 4.69) is 121 Å². The van der Waals surface area contributed by atoms with Gasteiger partial charge in [-0.3, -0.25) is 0 Å². The maximum atomic E-state index is 6.66. The van der Waals surface area contributed by atoms with Gasteiger partial charge < -0.3 is 9.47 Å². The molecule has 0 spiro atoms. The minimum atomic E-state index is -0.573. The molecule has 0 aliphatic carbocycles. The molecule has 170 valence electrons. The van der Waals surface area contributed by atoms with Crippen LogP contribution < -0.4 is 21.2 Å². The SMILES string of the molecule is c1ccc(P(c2ccccc2)[C@@H]2CO[C@H]3[C@@H]2OC[C@@H]3P(c2ccccc2)c2ccccc2)cc1. The Bertz CT molecular complexity index is 1010. The standard InChI is InChI=1S/C30H28O2P2/c1-5-13-23(14-6-1)33(24-15-7-2-8-16-24)27-21-31-30-28(22-32-29(27)30)34(25-17-9-3-10-18-25)26-19-11-4-12-20-26/h1-20,27-30H,21-22H2/t27-,28+,29-,30-/m1/s1. The zero-order valence-electron chi connectivity index (χ0n) is 19.0. The Morgan fingerprint density at radius 1 is 0.412 bits per heavy atom. The molecule has 2 aliphatic heterocycles. The van der Waals surface area contributed by atoms with Gasteiger partial charge in [0.15, 0.2) is 0 Å². The van der Waals surface area contributed by atoms with Crippen molar-refractivity contribution in [3.05, 3.63) is 121 Å². The van der Waals surface area contributed by atoms with Crippen molar-refractivity contribution in [1.29, 1.82) is 0 Å². The Hall–Kier alpha value is -2.34. The van der Waals surface area contributed by atoms with Crippen LogP contribution >= 0.6 is 15.8 Å². The van der Waals surface area contributed by atoms with Gasteiger partial charge in [-0.15, -0.1) is 0 Å². The first-order valence-electron chi connectivity index (χ1n) is 11.9. The Morgan fingerprint density at radius 2 is 0.676 bits per heavy atom. The van der Waals surface area contributed by atoms with Crippen molar-refractivity contribution in [2.75, 3.05) is 13.2 Å². The minimum absolute atomic E-state index is 0.133. The molecule has 2 aliphatic rings. The second-order valence-corrected chi connectivity index (χ2v) is 13.7. The summed E-state index contributed by atoms with van der Waals surface area (Å²) in [6, 6.07) is 43.9. The highest BCUT2D eigenvalue weighted by molar-refractivity contribution is 7.74. The quantitative estimate of drug-likeness (QED) is 0.368. The van der Waals surface area contributed by atoms with E-state index in [9.17, 15) is 0 Å². The summed E-state index contributed by atoms with van der Waals surface area (Å²) in [6.45, 7) is 1.52. The lowest BCUT2D eigenvalue weighted by atomic mass is 10.2. The smallest absolute Gasteiger partial charge is 0.0939 e. The van der Waals surface area contributed by atoms with Gasteiger partial charge in [0.25, 0.3) is 0 Å². The van der Waals surface area contributed by atoms with E-state index in [1.807, 2.05) is 0 Å². The fraction of sp³-hybridized carbons (Fsp3) is 0.200.